The molecule has 0 aliphatic carbocycles. The number of rotatable bonds is 2. The van der Waals surface area contributed by atoms with E-state index in [9.17, 15) is 0 Å². The van der Waals surface area contributed by atoms with Gasteiger partial charge in [0, 0.05) is 22.9 Å². The van der Waals surface area contributed by atoms with Crippen molar-refractivity contribution in [1.82, 2.24) is 4.90 Å². The number of alkyl halides is 1. The molecule has 1 fully saturated rings. The number of benzene rings is 1. The predicted octanol–water partition coefficient (Wildman–Crippen LogP) is 3.02. The van der Waals surface area contributed by atoms with E-state index >= 15 is 0 Å². The van der Waals surface area contributed by atoms with E-state index in [1.54, 1.807) is 0 Å². The average Bonchev–Trinajstić information content (AvgIpc) is 2.76. The van der Waals surface area contributed by atoms with Gasteiger partial charge in [-0.2, -0.15) is 0 Å². The van der Waals surface area contributed by atoms with Crippen LogP contribution in [0.1, 0.15) is 24.3 Å². The quantitative estimate of drug-likeness (QED) is 0.778. The molecule has 0 bridgehead atoms. The Kier molecular flexibility index (Phi) is 3.39. The van der Waals surface area contributed by atoms with Gasteiger partial charge in [-0.15, -0.1) is 0 Å². The molecule has 92 valence electrons. The van der Waals surface area contributed by atoms with E-state index in [0.29, 0.717) is 5.92 Å². The van der Waals surface area contributed by atoms with Crippen molar-refractivity contribution in [2.75, 3.05) is 26.2 Å². The van der Waals surface area contributed by atoms with Crippen LogP contribution in [-0.2, 0) is 0 Å². The molecule has 0 aromatic heterocycles. The Morgan fingerprint density at radius 1 is 1.24 bits per heavy atom. The smallest absolute Gasteiger partial charge is 0.122 e. The lowest BCUT2D eigenvalue weighted by Crippen LogP contribution is -2.37. The summed E-state index contributed by atoms with van der Waals surface area (Å²) in [7, 11) is 0. The Labute approximate surface area is 111 Å². The predicted molar refractivity (Wildman–Crippen MR) is 73.1 cm³/mol. The SMILES string of the molecule is BrC1CCN(CC2COc3ccccc32)CC1. The van der Waals surface area contributed by atoms with Gasteiger partial charge in [0.2, 0.25) is 0 Å². The van der Waals surface area contributed by atoms with Crippen molar-refractivity contribution in [2.24, 2.45) is 0 Å². The van der Waals surface area contributed by atoms with Crippen molar-refractivity contribution < 1.29 is 4.74 Å². The van der Waals surface area contributed by atoms with Crippen LogP contribution in [-0.4, -0.2) is 36.0 Å². The molecule has 1 aromatic rings. The van der Waals surface area contributed by atoms with Gasteiger partial charge in [-0.1, -0.05) is 34.1 Å². The second-order valence-corrected chi connectivity index (χ2v) is 6.32. The largest absolute Gasteiger partial charge is 0.493 e. The molecule has 0 N–H and O–H groups in total. The summed E-state index contributed by atoms with van der Waals surface area (Å²) >= 11 is 3.70. The van der Waals surface area contributed by atoms with Crippen LogP contribution >= 0.6 is 15.9 Å². The molecule has 2 nitrogen and oxygen atoms in total. The van der Waals surface area contributed by atoms with Gasteiger partial charge < -0.3 is 9.64 Å². The summed E-state index contributed by atoms with van der Waals surface area (Å²) in [6, 6.07) is 8.47. The molecule has 0 spiro atoms. The van der Waals surface area contributed by atoms with Gasteiger partial charge in [0.1, 0.15) is 5.75 Å². The van der Waals surface area contributed by atoms with E-state index in [4.69, 9.17) is 4.74 Å². The van der Waals surface area contributed by atoms with E-state index in [1.807, 2.05) is 0 Å². The zero-order chi connectivity index (χ0) is 11.7. The molecule has 0 amide bonds. The Bertz CT molecular complexity index is 388. The Morgan fingerprint density at radius 3 is 2.82 bits per heavy atom. The highest BCUT2D eigenvalue weighted by Crippen LogP contribution is 2.34. The van der Waals surface area contributed by atoms with Crippen LogP contribution in [0.2, 0.25) is 0 Å². The summed E-state index contributed by atoms with van der Waals surface area (Å²) < 4.78 is 5.74. The molecule has 2 aliphatic rings. The number of hydrogen-bond donors (Lipinski definition) is 0. The zero-order valence-electron chi connectivity index (χ0n) is 9.94. The van der Waals surface area contributed by atoms with Gasteiger partial charge in [-0.05, 0) is 32.0 Å². The fourth-order valence-corrected chi connectivity index (χ4v) is 3.19. The first-order chi connectivity index (χ1) is 8.33. The van der Waals surface area contributed by atoms with Crippen molar-refractivity contribution in [1.29, 1.82) is 0 Å². The average molecular weight is 296 g/mol. The third-order valence-electron chi connectivity index (χ3n) is 3.79. The molecule has 0 saturated carbocycles. The van der Waals surface area contributed by atoms with Crippen molar-refractivity contribution in [3.05, 3.63) is 29.8 Å². The third kappa shape index (κ3) is 2.50. The van der Waals surface area contributed by atoms with Crippen LogP contribution in [0, 0.1) is 0 Å². The Balaban J connectivity index is 1.64. The first kappa shape index (κ1) is 11.5. The van der Waals surface area contributed by atoms with Gasteiger partial charge in [0.15, 0.2) is 0 Å². The highest BCUT2D eigenvalue weighted by atomic mass is 79.9. The molecule has 1 aromatic carbocycles. The van der Waals surface area contributed by atoms with Crippen molar-refractivity contribution in [3.8, 4) is 5.75 Å². The number of halogens is 1. The number of fused-ring (bicyclic) bond motifs is 1. The van der Waals surface area contributed by atoms with Crippen LogP contribution in [0.5, 0.6) is 5.75 Å². The standard InChI is InChI=1S/C14H18BrNO/c15-12-5-7-16(8-6-12)9-11-10-17-14-4-2-1-3-13(11)14/h1-4,11-12H,5-10H2. The van der Waals surface area contributed by atoms with E-state index in [2.05, 4.69) is 45.1 Å². The fraction of sp³-hybridized carbons (Fsp3) is 0.571. The van der Waals surface area contributed by atoms with Crippen molar-refractivity contribution in [3.63, 3.8) is 0 Å². The van der Waals surface area contributed by atoms with Crippen molar-refractivity contribution >= 4 is 15.9 Å². The fourth-order valence-electron chi connectivity index (χ4n) is 2.78. The molecule has 1 atom stereocenters. The van der Waals surface area contributed by atoms with Crippen LogP contribution < -0.4 is 4.74 Å². The Hall–Kier alpha value is -0.540. The molecule has 1 unspecified atom stereocenters. The second kappa shape index (κ2) is 4.99. The minimum absolute atomic E-state index is 0.568. The van der Waals surface area contributed by atoms with Gasteiger partial charge in [0.25, 0.3) is 0 Å². The normalized spacial score (nSPS) is 25.6. The first-order valence-electron chi connectivity index (χ1n) is 6.41. The second-order valence-electron chi connectivity index (χ2n) is 5.02. The molecule has 3 rings (SSSR count). The molecular formula is C14H18BrNO. The number of nitrogens with zero attached hydrogens (tertiary/aromatic N) is 1. The summed E-state index contributed by atoms with van der Waals surface area (Å²) in [5, 5.41) is 0. The number of likely N-dealkylation sites (tertiary alicyclic amines) is 1. The van der Waals surface area contributed by atoms with Crippen LogP contribution in [0.15, 0.2) is 24.3 Å². The molecule has 17 heavy (non-hydrogen) atoms. The van der Waals surface area contributed by atoms with E-state index in [-0.39, 0.29) is 0 Å². The van der Waals surface area contributed by atoms with E-state index < -0.39 is 0 Å². The van der Waals surface area contributed by atoms with Gasteiger partial charge >= 0.3 is 0 Å². The maximum absolute atomic E-state index is 5.74. The van der Waals surface area contributed by atoms with Gasteiger partial charge in [-0.25, -0.2) is 0 Å². The lowest BCUT2D eigenvalue weighted by atomic mass is 9.99. The first-order valence-corrected chi connectivity index (χ1v) is 7.32. The highest BCUT2D eigenvalue weighted by Gasteiger charge is 2.27. The molecule has 2 aliphatic heterocycles. The molecule has 0 radical (unpaired) electrons. The van der Waals surface area contributed by atoms with E-state index in [0.717, 1.165) is 23.7 Å². The molecular weight excluding hydrogens is 278 g/mol. The Morgan fingerprint density at radius 2 is 2.00 bits per heavy atom. The zero-order valence-corrected chi connectivity index (χ0v) is 11.5. The summed E-state index contributed by atoms with van der Waals surface area (Å²) in [5.74, 6) is 1.66. The van der Waals surface area contributed by atoms with Gasteiger partial charge in [-0.3, -0.25) is 0 Å². The number of ether oxygens (including phenoxy) is 1. The van der Waals surface area contributed by atoms with Gasteiger partial charge in [0.05, 0.1) is 6.61 Å². The molecule has 2 heterocycles. The summed E-state index contributed by atoms with van der Waals surface area (Å²) in [6.45, 7) is 4.44. The summed E-state index contributed by atoms with van der Waals surface area (Å²) in [5.41, 5.74) is 1.40. The highest BCUT2D eigenvalue weighted by molar-refractivity contribution is 9.09. The minimum Gasteiger partial charge on any atom is -0.493 e. The number of piperidine rings is 1. The monoisotopic (exact) mass is 295 g/mol. The maximum atomic E-state index is 5.74. The summed E-state index contributed by atoms with van der Waals surface area (Å²) in [4.78, 5) is 3.30. The number of para-hydroxylation sites is 1. The minimum atomic E-state index is 0.568. The van der Waals surface area contributed by atoms with Crippen LogP contribution in [0.3, 0.4) is 0 Å². The topological polar surface area (TPSA) is 12.5 Å². The number of hydrogen-bond acceptors (Lipinski definition) is 2. The molecule has 1 saturated heterocycles. The van der Waals surface area contributed by atoms with Crippen molar-refractivity contribution in [2.45, 2.75) is 23.6 Å². The lowest BCUT2D eigenvalue weighted by Gasteiger charge is -2.31. The summed E-state index contributed by atoms with van der Waals surface area (Å²) in [6.07, 6.45) is 2.55. The molecule has 3 heteroatoms. The van der Waals surface area contributed by atoms with Crippen LogP contribution in [0.4, 0.5) is 0 Å². The van der Waals surface area contributed by atoms with Crippen LogP contribution in [0.25, 0.3) is 0 Å². The van der Waals surface area contributed by atoms with E-state index in [1.165, 1.54) is 31.5 Å². The maximum Gasteiger partial charge on any atom is 0.122 e. The third-order valence-corrected chi connectivity index (χ3v) is 4.71. The lowest BCUT2D eigenvalue weighted by molar-refractivity contribution is 0.205.